The first kappa shape index (κ1) is 14.4. The first-order chi connectivity index (χ1) is 11.4. The minimum Gasteiger partial charge on any atom is -0.152 e. The molecule has 0 aliphatic rings. The summed E-state index contributed by atoms with van der Waals surface area (Å²) in [6.45, 7) is 0. The van der Waals surface area contributed by atoms with Crippen LogP contribution in [0.1, 0.15) is 22.3 Å². The second-order valence-electron chi connectivity index (χ2n) is 5.51. The molecule has 0 radical (unpaired) electrons. The van der Waals surface area contributed by atoms with Crippen LogP contribution in [0.2, 0.25) is 0 Å². The summed E-state index contributed by atoms with van der Waals surface area (Å²) in [5, 5.41) is 8.89. The highest BCUT2D eigenvalue weighted by atomic mass is 32.1. The van der Waals surface area contributed by atoms with Crippen molar-refractivity contribution in [3.63, 3.8) is 0 Å². The summed E-state index contributed by atoms with van der Waals surface area (Å²) < 4.78 is 0. The van der Waals surface area contributed by atoms with Gasteiger partial charge in [-0.25, -0.2) is 0 Å². The molecule has 2 aromatic carbocycles. The van der Waals surface area contributed by atoms with E-state index in [1.807, 2.05) is 0 Å². The van der Waals surface area contributed by atoms with Crippen molar-refractivity contribution >= 4 is 22.7 Å². The summed E-state index contributed by atoms with van der Waals surface area (Å²) in [7, 11) is 0. The molecule has 0 aliphatic carbocycles. The highest BCUT2D eigenvalue weighted by molar-refractivity contribution is 7.08. The number of hydrogen-bond acceptors (Lipinski definition) is 2. The summed E-state index contributed by atoms with van der Waals surface area (Å²) >= 11 is 3.51. The Labute approximate surface area is 144 Å². The lowest BCUT2D eigenvalue weighted by Gasteiger charge is -2.34. The lowest BCUT2D eigenvalue weighted by molar-refractivity contribution is 0.753. The first-order valence-corrected chi connectivity index (χ1v) is 9.47. The fourth-order valence-electron chi connectivity index (χ4n) is 3.33. The van der Waals surface area contributed by atoms with Crippen LogP contribution in [-0.4, -0.2) is 0 Å². The molecule has 23 heavy (non-hydrogen) atoms. The molecule has 0 spiro atoms. The Kier molecular flexibility index (Phi) is 3.86. The second kappa shape index (κ2) is 6.15. The van der Waals surface area contributed by atoms with Crippen molar-refractivity contribution in [1.29, 1.82) is 0 Å². The molecule has 2 heteroatoms. The van der Waals surface area contributed by atoms with Crippen LogP contribution in [0.5, 0.6) is 0 Å². The van der Waals surface area contributed by atoms with Gasteiger partial charge in [-0.15, -0.1) is 0 Å². The van der Waals surface area contributed by atoms with Crippen LogP contribution in [0, 0.1) is 0 Å². The van der Waals surface area contributed by atoms with E-state index in [0.29, 0.717) is 0 Å². The van der Waals surface area contributed by atoms with E-state index in [0.717, 1.165) is 0 Å². The van der Waals surface area contributed by atoms with Crippen LogP contribution in [0.25, 0.3) is 0 Å². The molecule has 112 valence electrons. The Hall–Kier alpha value is -2.16. The third-order valence-electron chi connectivity index (χ3n) is 4.32. The zero-order valence-corrected chi connectivity index (χ0v) is 14.2. The molecular formula is C21H16S2. The lowest BCUT2D eigenvalue weighted by atomic mass is 9.67. The molecule has 2 aromatic heterocycles. The number of hydrogen-bond donors (Lipinski definition) is 0. The van der Waals surface area contributed by atoms with Crippen molar-refractivity contribution < 1.29 is 0 Å². The topological polar surface area (TPSA) is 0 Å². The van der Waals surface area contributed by atoms with Crippen molar-refractivity contribution in [2.45, 2.75) is 5.41 Å². The predicted octanol–water partition coefficient (Wildman–Crippen LogP) is 6.19. The van der Waals surface area contributed by atoms with Crippen LogP contribution in [0.4, 0.5) is 0 Å². The van der Waals surface area contributed by atoms with Crippen molar-refractivity contribution in [1.82, 2.24) is 0 Å². The maximum absolute atomic E-state index is 2.28. The van der Waals surface area contributed by atoms with Crippen molar-refractivity contribution in [2.24, 2.45) is 0 Å². The van der Waals surface area contributed by atoms with Crippen molar-refractivity contribution in [2.75, 3.05) is 0 Å². The van der Waals surface area contributed by atoms with Crippen molar-refractivity contribution in [3.8, 4) is 0 Å². The summed E-state index contributed by atoms with van der Waals surface area (Å²) in [4.78, 5) is 0. The molecule has 0 N–H and O–H groups in total. The summed E-state index contributed by atoms with van der Waals surface area (Å²) in [5.41, 5.74) is 5.03. The fraction of sp³-hybridized carbons (Fsp3) is 0.0476. The normalized spacial score (nSPS) is 11.5. The van der Waals surface area contributed by atoms with E-state index in [1.54, 1.807) is 22.7 Å². The van der Waals surface area contributed by atoms with Crippen LogP contribution in [-0.2, 0) is 5.41 Å². The Morgan fingerprint density at radius 1 is 0.478 bits per heavy atom. The predicted molar refractivity (Wildman–Crippen MR) is 101 cm³/mol. The van der Waals surface area contributed by atoms with E-state index in [1.165, 1.54) is 22.3 Å². The SMILES string of the molecule is c1ccc(C(c2ccccc2)(c2ccsc2)c2ccsc2)cc1. The fourth-order valence-corrected chi connectivity index (χ4v) is 4.74. The molecule has 0 unspecified atom stereocenters. The molecule has 4 aromatic rings. The second-order valence-corrected chi connectivity index (χ2v) is 7.07. The molecule has 0 amide bonds. The summed E-state index contributed by atoms with van der Waals surface area (Å²) in [5.74, 6) is 0. The van der Waals surface area contributed by atoms with E-state index in [2.05, 4.69) is 94.3 Å². The molecule has 4 rings (SSSR count). The highest BCUT2D eigenvalue weighted by Crippen LogP contribution is 2.46. The van der Waals surface area contributed by atoms with Crippen LogP contribution in [0.3, 0.4) is 0 Å². The van der Waals surface area contributed by atoms with E-state index < -0.39 is 0 Å². The van der Waals surface area contributed by atoms with Crippen LogP contribution in [0.15, 0.2) is 94.3 Å². The monoisotopic (exact) mass is 332 g/mol. The molecule has 2 heterocycles. The van der Waals surface area contributed by atoms with Gasteiger partial charge in [-0.3, -0.25) is 0 Å². The van der Waals surface area contributed by atoms with Gasteiger partial charge in [0.15, 0.2) is 0 Å². The third kappa shape index (κ3) is 2.35. The average molecular weight is 332 g/mol. The number of rotatable bonds is 4. The minimum absolute atomic E-state index is 0.247. The summed E-state index contributed by atoms with van der Waals surface area (Å²) in [6, 6.07) is 26.1. The van der Waals surface area contributed by atoms with E-state index in [-0.39, 0.29) is 5.41 Å². The van der Waals surface area contributed by atoms with E-state index in [4.69, 9.17) is 0 Å². The quantitative estimate of drug-likeness (QED) is 0.418. The number of thiophene rings is 2. The van der Waals surface area contributed by atoms with E-state index in [9.17, 15) is 0 Å². The molecular weight excluding hydrogens is 316 g/mol. The number of benzene rings is 2. The highest BCUT2D eigenvalue weighted by Gasteiger charge is 2.38. The Bertz CT molecular complexity index is 769. The minimum atomic E-state index is -0.247. The first-order valence-electron chi connectivity index (χ1n) is 7.59. The van der Waals surface area contributed by atoms with Gasteiger partial charge in [-0.2, -0.15) is 22.7 Å². The Morgan fingerprint density at radius 2 is 0.913 bits per heavy atom. The molecule has 0 fully saturated rings. The van der Waals surface area contributed by atoms with Gasteiger partial charge in [0.1, 0.15) is 0 Å². The molecule has 0 saturated heterocycles. The lowest BCUT2D eigenvalue weighted by Crippen LogP contribution is -2.29. The van der Waals surface area contributed by atoms with Gasteiger partial charge < -0.3 is 0 Å². The van der Waals surface area contributed by atoms with Gasteiger partial charge >= 0.3 is 0 Å². The average Bonchev–Trinajstić information content (AvgIpc) is 3.32. The van der Waals surface area contributed by atoms with Crippen LogP contribution < -0.4 is 0 Å². The van der Waals surface area contributed by atoms with Gasteiger partial charge in [0.25, 0.3) is 0 Å². The van der Waals surface area contributed by atoms with Gasteiger partial charge in [-0.05, 0) is 55.9 Å². The third-order valence-corrected chi connectivity index (χ3v) is 5.69. The maximum Gasteiger partial charge on any atom is 0.0717 e. The van der Waals surface area contributed by atoms with E-state index >= 15 is 0 Å². The van der Waals surface area contributed by atoms with Crippen molar-refractivity contribution in [3.05, 3.63) is 117 Å². The smallest absolute Gasteiger partial charge is 0.0717 e. The zero-order chi connectivity index (χ0) is 15.5. The molecule has 0 bridgehead atoms. The molecule has 0 aliphatic heterocycles. The van der Waals surface area contributed by atoms with Gasteiger partial charge in [0.2, 0.25) is 0 Å². The largest absolute Gasteiger partial charge is 0.152 e. The van der Waals surface area contributed by atoms with Gasteiger partial charge in [0, 0.05) is 0 Å². The Balaban J connectivity index is 2.11. The van der Waals surface area contributed by atoms with Gasteiger partial charge in [0.05, 0.1) is 5.41 Å². The Morgan fingerprint density at radius 3 is 1.26 bits per heavy atom. The molecule has 0 saturated carbocycles. The standard InChI is InChI=1S/C21H16S2/c1-3-7-17(8-4-1)21(19-11-13-22-15-19,20-12-14-23-16-20)18-9-5-2-6-10-18/h1-16H. The zero-order valence-electron chi connectivity index (χ0n) is 12.6. The van der Waals surface area contributed by atoms with Crippen LogP contribution >= 0.6 is 22.7 Å². The van der Waals surface area contributed by atoms with Gasteiger partial charge in [-0.1, -0.05) is 60.7 Å². The molecule has 0 atom stereocenters. The molecule has 0 nitrogen and oxygen atoms in total. The maximum atomic E-state index is 2.28. The summed E-state index contributed by atoms with van der Waals surface area (Å²) in [6.07, 6.45) is 0.